The quantitative estimate of drug-likeness (QED) is 0.212. The first-order chi connectivity index (χ1) is 21.1. The summed E-state index contributed by atoms with van der Waals surface area (Å²) in [6, 6.07) is 26.4. The van der Waals surface area contributed by atoms with E-state index < -0.39 is 11.4 Å². The first kappa shape index (κ1) is 27.3. The number of aromatic hydroxyl groups is 1. The maximum Gasteiger partial charge on any atom is 0.417 e. The normalized spacial score (nSPS) is 14.8. The molecule has 0 fully saturated rings. The highest BCUT2D eigenvalue weighted by molar-refractivity contribution is 7.75. The van der Waals surface area contributed by atoms with Crippen LogP contribution in [-0.4, -0.2) is 24.3 Å². The van der Waals surface area contributed by atoms with Crippen molar-refractivity contribution >= 4 is 11.4 Å². The Morgan fingerprint density at radius 3 is 1.67 bits per heavy atom. The number of hydrogen-bond donors (Lipinski definition) is 1. The number of phenolic OH excluding ortho intramolecular Hbond substituents is 1. The van der Waals surface area contributed by atoms with E-state index in [1.54, 1.807) is 36.4 Å². The number of nitrogens with zero attached hydrogens (tertiary/aromatic N) is 3. The van der Waals surface area contributed by atoms with Crippen LogP contribution in [-0.2, 0) is 37.0 Å². The van der Waals surface area contributed by atoms with Crippen LogP contribution in [0.3, 0.4) is 0 Å². The lowest BCUT2D eigenvalue weighted by Gasteiger charge is -2.18. The molecule has 4 aromatic carbocycles. The number of aryl methyl sites for hydroxylation is 4. The molecule has 1 heterocycles. The summed E-state index contributed by atoms with van der Waals surface area (Å²) in [7, 11) is 0. The number of rotatable bonds is 7. The van der Waals surface area contributed by atoms with Gasteiger partial charge in [0.15, 0.2) is 17.5 Å². The zero-order valence-electron chi connectivity index (χ0n) is 23.7. The van der Waals surface area contributed by atoms with Crippen molar-refractivity contribution < 1.29 is 17.7 Å². The predicted octanol–water partition coefficient (Wildman–Crippen LogP) is 7.37. The van der Waals surface area contributed by atoms with Gasteiger partial charge in [0.05, 0.1) is 5.56 Å². The van der Waals surface area contributed by atoms with Crippen LogP contribution < -0.4 is 8.37 Å². The molecule has 2 aliphatic carbocycles. The van der Waals surface area contributed by atoms with Gasteiger partial charge in [0.2, 0.25) is 0 Å². The average Bonchev–Trinajstić information content (AvgIpc) is 3.04. The van der Waals surface area contributed by atoms with Gasteiger partial charge in [-0.05, 0) is 110 Å². The van der Waals surface area contributed by atoms with E-state index in [1.165, 1.54) is 54.0 Å². The van der Waals surface area contributed by atoms with Crippen molar-refractivity contribution in [2.45, 2.75) is 51.4 Å². The monoisotopic (exact) mass is 589 g/mol. The first-order valence-corrected chi connectivity index (χ1v) is 15.8. The molecule has 1 N–H and O–H groups in total. The number of fused-ring (bicyclic) bond motifs is 2. The molecule has 0 spiro atoms. The van der Waals surface area contributed by atoms with Crippen molar-refractivity contribution in [1.82, 2.24) is 15.0 Å². The minimum atomic E-state index is -2.09. The standard InChI is InChI=1S/C35H31N3O4S/c39-32-22-30(42-43(40)41-29-12-2-1-3-13-29)18-19-31(32)35-37-33(27-16-14-23-8-4-6-10-25(23)20-27)36-34(38-35)28-17-15-24-9-5-7-11-26(24)21-28/h1-3,12-22,39H,4-11H2. The molecule has 1 aromatic heterocycles. The van der Waals surface area contributed by atoms with E-state index in [9.17, 15) is 9.32 Å². The summed E-state index contributed by atoms with van der Waals surface area (Å²) in [5.41, 5.74) is 7.74. The third-order valence-electron chi connectivity index (χ3n) is 8.13. The Bertz CT molecular complexity index is 1750. The van der Waals surface area contributed by atoms with Gasteiger partial charge < -0.3 is 13.5 Å². The van der Waals surface area contributed by atoms with Crippen LogP contribution in [0.4, 0.5) is 0 Å². The summed E-state index contributed by atoms with van der Waals surface area (Å²) in [4.78, 5) is 14.6. The van der Waals surface area contributed by atoms with E-state index in [0.29, 0.717) is 28.8 Å². The molecule has 0 bridgehead atoms. The van der Waals surface area contributed by atoms with Crippen molar-refractivity contribution in [3.63, 3.8) is 0 Å². The fourth-order valence-electron chi connectivity index (χ4n) is 5.90. The molecule has 1 atom stereocenters. The molecular weight excluding hydrogens is 558 g/mol. The number of aromatic nitrogens is 3. The number of para-hydroxylation sites is 1. The third kappa shape index (κ3) is 6.01. The van der Waals surface area contributed by atoms with Gasteiger partial charge in [-0.3, -0.25) is 0 Å². The van der Waals surface area contributed by atoms with Crippen LogP contribution in [0.2, 0.25) is 0 Å². The van der Waals surface area contributed by atoms with E-state index in [-0.39, 0.29) is 11.5 Å². The zero-order valence-corrected chi connectivity index (χ0v) is 24.5. The smallest absolute Gasteiger partial charge is 0.417 e. The summed E-state index contributed by atoms with van der Waals surface area (Å²) in [5.74, 6) is 1.96. The second-order valence-electron chi connectivity index (χ2n) is 11.1. The lowest BCUT2D eigenvalue weighted by atomic mass is 9.90. The van der Waals surface area contributed by atoms with Gasteiger partial charge >= 0.3 is 11.4 Å². The average molecular weight is 590 g/mol. The fourth-order valence-corrected chi connectivity index (χ4v) is 6.47. The Morgan fingerprint density at radius 1 is 0.558 bits per heavy atom. The first-order valence-electron chi connectivity index (χ1n) is 14.8. The zero-order chi connectivity index (χ0) is 29.2. The number of benzene rings is 4. The molecule has 2 aliphatic rings. The molecule has 0 saturated carbocycles. The molecule has 0 aliphatic heterocycles. The molecule has 5 aromatic rings. The molecule has 8 heteroatoms. The van der Waals surface area contributed by atoms with Crippen molar-refractivity contribution in [3.8, 4) is 51.4 Å². The number of phenols is 1. The predicted molar refractivity (Wildman–Crippen MR) is 167 cm³/mol. The fraction of sp³-hybridized carbons (Fsp3) is 0.229. The Balaban J connectivity index is 1.25. The summed E-state index contributed by atoms with van der Waals surface area (Å²) in [6.45, 7) is 0. The van der Waals surface area contributed by atoms with Gasteiger partial charge in [-0.1, -0.05) is 42.5 Å². The molecule has 1 unspecified atom stereocenters. The van der Waals surface area contributed by atoms with E-state index >= 15 is 0 Å². The van der Waals surface area contributed by atoms with Crippen LogP contribution >= 0.6 is 0 Å². The summed E-state index contributed by atoms with van der Waals surface area (Å²) < 4.78 is 23.1. The molecule has 0 amide bonds. The molecule has 0 saturated heterocycles. The van der Waals surface area contributed by atoms with Gasteiger partial charge in [-0.25, -0.2) is 15.0 Å². The van der Waals surface area contributed by atoms with Gasteiger partial charge in [-0.15, -0.1) is 0 Å². The molecule has 7 rings (SSSR count). The van der Waals surface area contributed by atoms with Crippen LogP contribution in [0.1, 0.15) is 47.9 Å². The van der Waals surface area contributed by atoms with E-state index in [0.717, 1.165) is 36.8 Å². The van der Waals surface area contributed by atoms with Crippen molar-refractivity contribution in [2.75, 3.05) is 0 Å². The van der Waals surface area contributed by atoms with Crippen LogP contribution in [0, 0.1) is 0 Å². The van der Waals surface area contributed by atoms with Crippen molar-refractivity contribution in [2.24, 2.45) is 0 Å². The van der Waals surface area contributed by atoms with Gasteiger partial charge in [0.25, 0.3) is 0 Å². The summed E-state index contributed by atoms with van der Waals surface area (Å²) in [5, 5.41) is 11.1. The second-order valence-corrected chi connectivity index (χ2v) is 11.8. The minimum absolute atomic E-state index is 0.104. The topological polar surface area (TPSA) is 94.4 Å². The van der Waals surface area contributed by atoms with Gasteiger partial charge in [0, 0.05) is 17.2 Å². The lowest BCUT2D eigenvalue weighted by molar-refractivity contribution is 0.453. The number of hydrogen-bond acceptors (Lipinski definition) is 7. The highest BCUT2D eigenvalue weighted by atomic mass is 32.2. The SMILES string of the molecule is O=S(Oc1ccccc1)Oc1ccc(-c2nc(-c3ccc4c(c3)CCCC4)nc(-c3ccc4c(c3)CCCC4)n2)c(O)c1. The van der Waals surface area contributed by atoms with Crippen molar-refractivity contribution in [1.29, 1.82) is 0 Å². The summed E-state index contributed by atoms with van der Waals surface area (Å²) >= 11 is -2.09. The van der Waals surface area contributed by atoms with E-state index in [2.05, 4.69) is 36.4 Å². The summed E-state index contributed by atoms with van der Waals surface area (Å²) in [6.07, 6.45) is 9.10. The van der Waals surface area contributed by atoms with Crippen LogP contribution in [0.15, 0.2) is 84.9 Å². The molecule has 43 heavy (non-hydrogen) atoms. The Labute approximate surface area is 253 Å². The Hall–Kier alpha value is -4.56. The highest BCUT2D eigenvalue weighted by Gasteiger charge is 2.19. The van der Waals surface area contributed by atoms with Gasteiger partial charge in [0.1, 0.15) is 17.2 Å². The maximum atomic E-state index is 12.4. The van der Waals surface area contributed by atoms with Gasteiger partial charge in [-0.2, -0.15) is 4.21 Å². The van der Waals surface area contributed by atoms with Crippen LogP contribution in [0.25, 0.3) is 34.2 Å². The van der Waals surface area contributed by atoms with Crippen LogP contribution in [0.5, 0.6) is 17.2 Å². The molecular formula is C35H31N3O4S. The van der Waals surface area contributed by atoms with Crippen molar-refractivity contribution in [3.05, 3.63) is 107 Å². The highest BCUT2D eigenvalue weighted by Crippen LogP contribution is 2.35. The Morgan fingerprint density at radius 2 is 1.09 bits per heavy atom. The minimum Gasteiger partial charge on any atom is -0.507 e. The third-order valence-corrected chi connectivity index (χ3v) is 8.79. The van der Waals surface area contributed by atoms with E-state index in [1.807, 2.05) is 6.07 Å². The largest absolute Gasteiger partial charge is 0.507 e. The second kappa shape index (κ2) is 12.0. The molecule has 216 valence electrons. The molecule has 0 radical (unpaired) electrons. The van der Waals surface area contributed by atoms with E-state index in [4.69, 9.17) is 23.3 Å². The molecule has 7 nitrogen and oxygen atoms in total. The maximum absolute atomic E-state index is 12.4. The lowest BCUT2D eigenvalue weighted by Crippen LogP contribution is -2.08. The Kier molecular flexibility index (Phi) is 7.60.